The van der Waals surface area contributed by atoms with E-state index in [-0.39, 0.29) is 0 Å². The summed E-state index contributed by atoms with van der Waals surface area (Å²) in [5.74, 6) is 0.882. The number of hydrogen-bond acceptors (Lipinski definition) is 3. The van der Waals surface area contributed by atoms with Crippen molar-refractivity contribution in [2.75, 3.05) is 6.61 Å². The normalized spacial score (nSPS) is 12.9. The molecule has 0 aliphatic heterocycles. The Morgan fingerprint density at radius 3 is 2.60 bits per heavy atom. The van der Waals surface area contributed by atoms with Gasteiger partial charge in [-0.15, -0.1) is 0 Å². The zero-order valence-electron chi connectivity index (χ0n) is 15.7. The van der Waals surface area contributed by atoms with Crippen LogP contribution in [0.1, 0.15) is 39.2 Å². The summed E-state index contributed by atoms with van der Waals surface area (Å²) < 4.78 is 5.75. The average molecular weight is 356 g/mol. The van der Waals surface area contributed by atoms with Crippen molar-refractivity contribution >= 4 is 18.3 Å². The van der Waals surface area contributed by atoms with E-state index in [9.17, 15) is 0 Å². The van der Waals surface area contributed by atoms with Crippen molar-refractivity contribution in [3.63, 3.8) is 0 Å². The molecule has 0 aliphatic carbocycles. The molecule has 25 heavy (non-hydrogen) atoms. The molecule has 0 fully saturated rings. The molecule has 0 spiro atoms. The number of hydrogen-bond donors (Lipinski definition) is 2. The Bertz CT molecular complexity index is 710. The van der Waals surface area contributed by atoms with E-state index in [2.05, 4.69) is 19.2 Å². The summed E-state index contributed by atoms with van der Waals surface area (Å²) in [5, 5.41) is 9.99. The minimum atomic E-state index is 0.578. The highest BCUT2D eigenvalue weighted by atomic mass is 32.1. The summed E-state index contributed by atoms with van der Waals surface area (Å²) in [4.78, 5) is 0. The van der Waals surface area contributed by atoms with Crippen molar-refractivity contribution in [1.29, 1.82) is 5.41 Å². The van der Waals surface area contributed by atoms with Gasteiger partial charge in [-0.05, 0) is 67.5 Å². The Labute approximate surface area is 157 Å². The van der Waals surface area contributed by atoms with Crippen molar-refractivity contribution in [1.82, 2.24) is 0 Å². The van der Waals surface area contributed by atoms with Crippen LogP contribution in [-0.2, 0) is 0 Å². The monoisotopic (exact) mass is 355 g/mol. The second-order valence-electron chi connectivity index (χ2n) is 6.33. The average Bonchev–Trinajstić information content (AvgIpc) is 2.54. The van der Waals surface area contributed by atoms with Gasteiger partial charge in [0, 0.05) is 18.6 Å². The van der Waals surface area contributed by atoms with Gasteiger partial charge in [-0.25, -0.2) is 0 Å². The lowest BCUT2D eigenvalue weighted by molar-refractivity contribution is 0.321. The second-order valence-corrected chi connectivity index (χ2v) is 6.63. The summed E-state index contributed by atoms with van der Waals surface area (Å²) in [6.45, 7) is 12.8. The summed E-state index contributed by atoms with van der Waals surface area (Å²) in [5.41, 5.74) is 6.05. The summed E-state index contributed by atoms with van der Waals surface area (Å²) in [7, 11) is 0. The van der Waals surface area contributed by atoms with Crippen LogP contribution in [0.3, 0.4) is 0 Å². The minimum absolute atomic E-state index is 0.578. The Hall–Kier alpha value is -2.00. The van der Waals surface area contributed by atoms with Gasteiger partial charge < -0.3 is 10.1 Å². The molecular formula is C22H29NOS. The van der Waals surface area contributed by atoms with Crippen molar-refractivity contribution in [2.24, 2.45) is 0 Å². The predicted octanol–water partition coefficient (Wildman–Crippen LogP) is 6.46. The van der Waals surface area contributed by atoms with Gasteiger partial charge in [-0.3, -0.25) is 0 Å². The molecule has 0 amide bonds. The number of nitrogens with one attached hydrogen (secondary N) is 1. The van der Waals surface area contributed by atoms with Crippen molar-refractivity contribution in [3.8, 4) is 5.75 Å². The lowest BCUT2D eigenvalue weighted by atomic mass is 10.00. The van der Waals surface area contributed by atoms with Gasteiger partial charge in [0.15, 0.2) is 0 Å². The number of thiol groups is 1. The maximum atomic E-state index is 8.26. The molecule has 1 N–H and O–H groups in total. The Balaban J connectivity index is 2.50. The molecule has 0 aliphatic rings. The molecule has 0 radical (unpaired) electrons. The van der Waals surface area contributed by atoms with Gasteiger partial charge >= 0.3 is 0 Å². The van der Waals surface area contributed by atoms with E-state index in [0.717, 1.165) is 34.5 Å². The van der Waals surface area contributed by atoms with Crippen LogP contribution in [0.15, 0.2) is 70.7 Å². The molecule has 0 saturated carbocycles. The smallest absolute Gasteiger partial charge is 0.119 e. The fourth-order valence-electron chi connectivity index (χ4n) is 2.27. The Kier molecular flexibility index (Phi) is 9.07. The topological polar surface area (TPSA) is 33.1 Å². The lowest BCUT2D eigenvalue weighted by Gasteiger charge is -2.10. The summed E-state index contributed by atoms with van der Waals surface area (Å²) in [6.07, 6.45) is 5.32. The SMILES string of the molecule is C=C(CCOc1cccc(C)c1)CC(=N)/C(C)=C/C(C)=C(C)/C=C\S. The van der Waals surface area contributed by atoms with E-state index in [4.69, 9.17) is 10.1 Å². The highest BCUT2D eigenvalue weighted by Gasteiger charge is 2.05. The third kappa shape index (κ3) is 8.08. The molecule has 1 aromatic rings. The van der Waals surface area contributed by atoms with Crippen molar-refractivity contribution in [3.05, 3.63) is 76.3 Å². The molecule has 2 nitrogen and oxygen atoms in total. The van der Waals surface area contributed by atoms with E-state index in [0.29, 0.717) is 18.7 Å². The van der Waals surface area contributed by atoms with E-state index in [1.54, 1.807) is 5.41 Å². The maximum Gasteiger partial charge on any atom is 0.119 e. The van der Waals surface area contributed by atoms with Gasteiger partial charge in [0.2, 0.25) is 0 Å². The second kappa shape index (κ2) is 10.8. The quantitative estimate of drug-likeness (QED) is 0.227. The number of ether oxygens (including phenoxy) is 1. The molecule has 0 atom stereocenters. The van der Waals surface area contributed by atoms with E-state index in [1.165, 1.54) is 5.56 Å². The number of rotatable bonds is 9. The first kappa shape index (κ1) is 21.0. The van der Waals surface area contributed by atoms with E-state index in [1.807, 2.05) is 64.1 Å². The fourth-order valence-corrected chi connectivity index (χ4v) is 2.49. The third-order valence-electron chi connectivity index (χ3n) is 4.00. The van der Waals surface area contributed by atoms with Crippen LogP contribution in [-0.4, -0.2) is 12.3 Å². The predicted molar refractivity (Wildman–Crippen MR) is 113 cm³/mol. The van der Waals surface area contributed by atoms with Gasteiger partial charge in [-0.1, -0.05) is 36.4 Å². The van der Waals surface area contributed by atoms with Crippen LogP contribution in [0.25, 0.3) is 0 Å². The van der Waals surface area contributed by atoms with Crippen LogP contribution in [0.2, 0.25) is 0 Å². The Morgan fingerprint density at radius 1 is 1.24 bits per heavy atom. The first-order valence-corrected chi connectivity index (χ1v) is 8.95. The molecule has 134 valence electrons. The van der Waals surface area contributed by atoms with Crippen LogP contribution in [0, 0.1) is 12.3 Å². The van der Waals surface area contributed by atoms with E-state index < -0.39 is 0 Å². The molecule has 0 heterocycles. The molecule has 1 aromatic carbocycles. The molecule has 3 heteroatoms. The molecule has 0 saturated heterocycles. The lowest BCUT2D eigenvalue weighted by Crippen LogP contribution is -2.04. The van der Waals surface area contributed by atoms with Gasteiger partial charge in [-0.2, -0.15) is 12.6 Å². The molecule has 0 unspecified atom stereocenters. The van der Waals surface area contributed by atoms with Gasteiger partial charge in [0.1, 0.15) is 5.75 Å². The highest BCUT2D eigenvalue weighted by molar-refractivity contribution is 7.83. The number of aryl methyl sites for hydroxylation is 1. The number of allylic oxidation sites excluding steroid dienone is 5. The molecule has 1 rings (SSSR count). The first-order valence-electron chi connectivity index (χ1n) is 8.44. The fraction of sp³-hybridized carbons (Fsp3) is 0.318. The highest BCUT2D eigenvalue weighted by Crippen LogP contribution is 2.16. The molecule has 0 bridgehead atoms. The number of benzene rings is 1. The zero-order valence-corrected chi connectivity index (χ0v) is 16.6. The van der Waals surface area contributed by atoms with Crippen molar-refractivity contribution < 1.29 is 4.74 Å². The Morgan fingerprint density at radius 2 is 1.96 bits per heavy atom. The van der Waals surface area contributed by atoms with Gasteiger partial charge in [0.25, 0.3) is 0 Å². The van der Waals surface area contributed by atoms with E-state index >= 15 is 0 Å². The zero-order chi connectivity index (χ0) is 18.8. The van der Waals surface area contributed by atoms with Crippen LogP contribution >= 0.6 is 12.6 Å². The van der Waals surface area contributed by atoms with Crippen LogP contribution in [0.4, 0.5) is 0 Å². The summed E-state index contributed by atoms with van der Waals surface area (Å²) in [6, 6.07) is 8.02. The largest absolute Gasteiger partial charge is 0.493 e. The van der Waals surface area contributed by atoms with Crippen LogP contribution < -0.4 is 4.74 Å². The molecular weight excluding hydrogens is 326 g/mol. The summed E-state index contributed by atoms with van der Waals surface area (Å²) >= 11 is 4.09. The molecule has 0 aromatic heterocycles. The van der Waals surface area contributed by atoms with Gasteiger partial charge in [0.05, 0.1) is 6.61 Å². The minimum Gasteiger partial charge on any atom is -0.493 e. The third-order valence-corrected chi connectivity index (χ3v) is 4.15. The van der Waals surface area contributed by atoms with Crippen molar-refractivity contribution in [2.45, 2.75) is 40.5 Å². The standard InChI is InChI=1S/C22H29NOS/c1-16-7-6-8-21(13-16)24-11-9-17(2)14-22(23)20(5)15-19(4)18(3)10-12-25/h6-8,10,12-13,15,23,25H,2,9,11,14H2,1,3-5H3/b12-10-,19-18+,20-15+,23-22?. The maximum absolute atomic E-state index is 8.26. The first-order chi connectivity index (χ1) is 11.8. The van der Waals surface area contributed by atoms with Crippen LogP contribution in [0.5, 0.6) is 5.75 Å².